The summed E-state index contributed by atoms with van der Waals surface area (Å²) in [5.74, 6) is 0.463. The van der Waals surface area contributed by atoms with E-state index in [1.165, 1.54) is 12.7 Å². The summed E-state index contributed by atoms with van der Waals surface area (Å²) in [4.78, 5) is 21.6. The minimum absolute atomic E-state index is 0.0713. The van der Waals surface area contributed by atoms with E-state index in [4.69, 9.17) is 4.74 Å². The first kappa shape index (κ1) is 11.3. The normalized spacial score (nSPS) is 10.3. The van der Waals surface area contributed by atoms with E-state index < -0.39 is 5.69 Å². The van der Waals surface area contributed by atoms with E-state index in [0.717, 1.165) is 11.1 Å². The molecule has 0 radical (unpaired) electrons. The van der Waals surface area contributed by atoms with Crippen molar-refractivity contribution >= 4 is 0 Å². The highest BCUT2D eigenvalue weighted by Crippen LogP contribution is 2.18. The molecule has 1 aromatic carbocycles. The smallest absolute Gasteiger partial charge is 0.351 e. The monoisotopic (exact) mass is 231 g/mol. The molecule has 1 heterocycles. The van der Waals surface area contributed by atoms with E-state index in [9.17, 15) is 4.79 Å². The highest BCUT2D eigenvalue weighted by Gasteiger charge is 2.06. The van der Waals surface area contributed by atoms with Crippen molar-refractivity contribution in [2.75, 3.05) is 7.11 Å². The number of rotatable bonds is 2. The van der Waals surface area contributed by atoms with Gasteiger partial charge in [-0.1, -0.05) is 12.1 Å². The van der Waals surface area contributed by atoms with Gasteiger partial charge in [0.1, 0.15) is 5.82 Å². The fraction of sp³-hybridized carbons (Fsp3) is 0.250. The van der Waals surface area contributed by atoms with Gasteiger partial charge in [-0.05, 0) is 31.0 Å². The van der Waals surface area contributed by atoms with Crippen LogP contribution in [0.15, 0.2) is 23.0 Å². The van der Waals surface area contributed by atoms with Crippen LogP contribution in [-0.2, 0) is 0 Å². The Morgan fingerprint density at radius 2 is 1.94 bits per heavy atom. The van der Waals surface area contributed by atoms with Crippen LogP contribution in [0.5, 0.6) is 6.01 Å². The van der Waals surface area contributed by atoms with Crippen LogP contribution < -0.4 is 10.4 Å². The Balaban J connectivity index is 2.55. The van der Waals surface area contributed by atoms with Gasteiger partial charge < -0.3 is 4.74 Å². The molecule has 17 heavy (non-hydrogen) atoms. The first-order valence-corrected chi connectivity index (χ1v) is 5.20. The summed E-state index contributed by atoms with van der Waals surface area (Å²) < 4.78 is 4.87. The molecule has 1 N–H and O–H groups in total. The molecule has 1 aromatic heterocycles. The Morgan fingerprint density at radius 1 is 1.18 bits per heavy atom. The lowest BCUT2D eigenvalue weighted by Crippen LogP contribution is -2.14. The van der Waals surface area contributed by atoms with Gasteiger partial charge >= 0.3 is 11.7 Å². The second-order valence-electron chi connectivity index (χ2n) is 3.79. The largest absolute Gasteiger partial charge is 0.467 e. The van der Waals surface area contributed by atoms with Crippen LogP contribution in [0.25, 0.3) is 11.4 Å². The SMILES string of the molecule is COc1nc(-c2ccc(C)c(C)c2)[nH]c(=O)n1. The van der Waals surface area contributed by atoms with Gasteiger partial charge in [0, 0.05) is 5.56 Å². The Morgan fingerprint density at radius 3 is 2.59 bits per heavy atom. The van der Waals surface area contributed by atoms with Crippen molar-refractivity contribution < 1.29 is 4.74 Å². The molecule has 88 valence electrons. The minimum Gasteiger partial charge on any atom is -0.467 e. The molecule has 0 bridgehead atoms. The maximum Gasteiger partial charge on any atom is 0.351 e. The summed E-state index contributed by atoms with van der Waals surface area (Å²) in [6.45, 7) is 4.04. The van der Waals surface area contributed by atoms with Crippen LogP contribution in [-0.4, -0.2) is 22.1 Å². The maximum atomic E-state index is 11.3. The lowest BCUT2D eigenvalue weighted by atomic mass is 10.1. The molecule has 0 aliphatic heterocycles. The predicted octanol–water partition coefficient (Wildman–Crippen LogP) is 1.46. The number of hydrogen-bond acceptors (Lipinski definition) is 4. The molecule has 0 amide bonds. The van der Waals surface area contributed by atoms with Crippen LogP contribution in [0, 0.1) is 13.8 Å². The van der Waals surface area contributed by atoms with E-state index in [1.54, 1.807) is 0 Å². The topological polar surface area (TPSA) is 67.9 Å². The van der Waals surface area contributed by atoms with Gasteiger partial charge in [0.05, 0.1) is 7.11 Å². The summed E-state index contributed by atoms with van der Waals surface area (Å²) in [6.07, 6.45) is 0. The third-order valence-electron chi connectivity index (χ3n) is 2.59. The zero-order valence-electron chi connectivity index (χ0n) is 9.94. The first-order valence-electron chi connectivity index (χ1n) is 5.20. The van der Waals surface area contributed by atoms with Crippen molar-refractivity contribution in [3.05, 3.63) is 39.8 Å². The van der Waals surface area contributed by atoms with Crippen molar-refractivity contribution in [1.82, 2.24) is 15.0 Å². The number of ether oxygens (including phenoxy) is 1. The standard InChI is InChI=1S/C12H13N3O2/c1-7-4-5-9(6-8(7)2)10-13-11(16)15-12(14-10)17-3/h4-6H,1-3H3,(H,13,14,15,16). The van der Waals surface area contributed by atoms with Crippen molar-refractivity contribution in [2.45, 2.75) is 13.8 Å². The fourth-order valence-electron chi connectivity index (χ4n) is 1.48. The molecule has 2 rings (SSSR count). The van der Waals surface area contributed by atoms with Crippen molar-refractivity contribution in [1.29, 1.82) is 0 Å². The van der Waals surface area contributed by atoms with Crippen LogP contribution in [0.2, 0.25) is 0 Å². The Labute approximate surface area is 98.5 Å². The molecular weight excluding hydrogens is 218 g/mol. The molecule has 2 aromatic rings. The quantitative estimate of drug-likeness (QED) is 0.849. The van der Waals surface area contributed by atoms with Crippen molar-refractivity contribution in [2.24, 2.45) is 0 Å². The third-order valence-corrected chi connectivity index (χ3v) is 2.59. The molecule has 0 atom stereocenters. The molecule has 0 aliphatic rings. The average molecular weight is 231 g/mol. The van der Waals surface area contributed by atoms with E-state index in [0.29, 0.717) is 5.82 Å². The number of aromatic nitrogens is 3. The second kappa shape index (κ2) is 4.37. The van der Waals surface area contributed by atoms with Gasteiger partial charge in [0.2, 0.25) is 0 Å². The van der Waals surface area contributed by atoms with E-state index in [2.05, 4.69) is 15.0 Å². The Hall–Kier alpha value is -2.17. The number of benzene rings is 1. The summed E-state index contributed by atoms with van der Waals surface area (Å²) in [6, 6.07) is 5.92. The van der Waals surface area contributed by atoms with Gasteiger partial charge in [0.15, 0.2) is 0 Å². The average Bonchev–Trinajstić information content (AvgIpc) is 2.32. The van der Waals surface area contributed by atoms with Gasteiger partial charge in [-0.15, -0.1) is 4.98 Å². The number of aryl methyl sites for hydroxylation is 2. The lowest BCUT2D eigenvalue weighted by Gasteiger charge is -2.05. The fourth-order valence-corrected chi connectivity index (χ4v) is 1.48. The van der Waals surface area contributed by atoms with Crippen LogP contribution in [0.4, 0.5) is 0 Å². The van der Waals surface area contributed by atoms with Crippen molar-refractivity contribution in [3.8, 4) is 17.4 Å². The number of H-pyrrole nitrogens is 1. The van der Waals surface area contributed by atoms with E-state index >= 15 is 0 Å². The molecule has 0 aliphatic carbocycles. The highest BCUT2D eigenvalue weighted by molar-refractivity contribution is 5.57. The van der Waals surface area contributed by atoms with E-state index in [-0.39, 0.29) is 6.01 Å². The highest BCUT2D eigenvalue weighted by atomic mass is 16.5. The molecule has 0 saturated carbocycles. The third kappa shape index (κ3) is 2.33. The number of hydrogen-bond donors (Lipinski definition) is 1. The molecule has 0 spiro atoms. The Bertz CT molecular complexity index is 605. The molecule has 0 fully saturated rings. The summed E-state index contributed by atoms with van der Waals surface area (Å²) in [5, 5.41) is 0. The van der Waals surface area contributed by atoms with Crippen molar-refractivity contribution in [3.63, 3.8) is 0 Å². The van der Waals surface area contributed by atoms with Gasteiger partial charge in [0.25, 0.3) is 0 Å². The second-order valence-corrected chi connectivity index (χ2v) is 3.79. The lowest BCUT2D eigenvalue weighted by molar-refractivity contribution is 0.377. The van der Waals surface area contributed by atoms with E-state index in [1.807, 2.05) is 32.0 Å². The maximum absolute atomic E-state index is 11.3. The number of nitrogens with zero attached hydrogens (tertiary/aromatic N) is 2. The zero-order valence-corrected chi connectivity index (χ0v) is 9.94. The van der Waals surface area contributed by atoms with Crippen LogP contribution in [0.1, 0.15) is 11.1 Å². The summed E-state index contributed by atoms with van der Waals surface area (Å²) in [7, 11) is 1.43. The zero-order chi connectivity index (χ0) is 12.4. The predicted molar refractivity (Wildman–Crippen MR) is 64.1 cm³/mol. The Kier molecular flexibility index (Phi) is 2.91. The van der Waals surface area contributed by atoms with Crippen LogP contribution in [0.3, 0.4) is 0 Å². The molecule has 0 saturated heterocycles. The first-order chi connectivity index (χ1) is 8.10. The summed E-state index contributed by atoms with van der Waals surface area (Å²) >= 11 is 0. The number of methoxy groups -OCH3 is 1. The van der Waals surface area contributed by atoms with Crippen LogP contribution >= 0.6 is 0 Å². The minimum atomic E-state index is -0.468. The van der Waals surface area contributed by atoms with Gasteiger partial charge in [-0.2, -0.15) is 4.98 Å². The van der Waals surface area contributed by atoms with Gasteiger partial charge in [-0.25, -0.2) is 4.79 Å². The summed E-state index contributed by atoms with van der Waals surface area (Å²) in [5.41, 5.74) is 2.70. The number of nitrogens with one attached hydrogen (secondary N) is 1. The van der Waals surface area contributed by atoms with Gasteiger partial charge in [-0.3, -0.25) is 4.98 Å². The molecular formula is C12H13N3O2. The molecule has 5 nitrogen and oxygen atoms in total. The molecule has 5 heteroatoms. The number of aromatic amines is 1. The molecule has 0 unspecified atom stereocenters.